The maximum atomic E-state index is 5.17. The van der Waals surface area contributed by atoms with Gasteiger partial charge in [-0.25, -0.2) is 9.97 Å². The summed E-state index contributed by atoms with van der Waals surface area (Å²) in [7, 11) is 1.66. The van der Waals surface area contributed by atoms with Gasteiger partial charge in [-0.05, 0) is 42.5 Å². The second-order valence-electron chi connectivity index (χ2n) is 4.99. The van der Waals surface area contributed by atoms with Crippen LogP contribution in [0.15, 0.2) is 60.9 Å². The Morgan fingerprint density at radius 1 is 0.957 bits per heavy atom. The van der Waals surface area contributed by atoms with E-state index in [-0.39, 0.29) is 0 Å². The van der Waals surface area contributed by atoms with E-state index in [0.29, 0.717) is 5.95 Å². The summed E-state index contributed by atoms with van der Waals surface area (Å²) in [5.41, 5.74) is 2.95. The molecule has 2 heterocycles. The van der Waals surface area contributed by atoms with Gasteiger partial charge in [0, 0.05) is 36.6 Å². The molecule has 0 saturated carbocycles. The fourth-order valence-corrected chi connectivity index (χ4v) is 2.21. The van der Waals surface area contributed by atoms with Gasteiger partial charge in [0.25, 0.3) is 0 Å². The first kappa shape index (κ1) is 15.0. The summed E-state index contributed by atoms with van der Waals surface area (Å²) in [6.45, 7) is 0.739. The van der Waals surface area contributed by atoms with E-state index in [1.54, 1.807) is 19.5 Å². The summed E-state index contributed by atoms with van der Waals surface area (Å²) >= 11 is 0. The van der Waals surface area contributed by atoms with Gasteiger partial charge >= 0.3 is 0 Å². The minimum atomic E-state index is 0.620. The molecule has 0 spiro atoms. The van der Waals surface area contributed by atoms with Crippen molar-refractivity contribution in [2.24, 2.45) is 0 Å². The van der Waals surface area contributed by atoms with E-state index >= 15 is 0 Å². The molecule has 0 aliphatic carbocycles. The molecule has 0 aliphatic rings. The highest BCUT2D eigenvalue weighted by Crippen LogP contribution is 2.20. The maximum Gasteiger partial charge on any atom is 0.223 e. The molecular weight excluding hydrogens is 288 g/mol. The molecule has 3 aromatic rings. The highest BCUT2D eigenvalue weighted by Gasteiger charge is 2.03. The minimum absolute atomic E-state index is 0.620. The standard InChI is InChI=1S/C18H18N4O/c1-23-16-7-5-14(6-8-16)17-10-13-21-18(22-17)20-12-9-15-4-2-3-11-19-15/h2-8,10-11,13H,9,12H2,1H3,(H,20,21,22). The van der Waals surface area contributed by atoms with Gasteiger partial charge in [0.2, 0.25) is 5.95 Å². The number of benzene rings is 1. The third-order valence-corrected chi connectivity index (χ3v) is 3.43. The second kappa shape index (κ2) is 7.35. The average molecular weight is 306 g/mol. The smallest absolute Gasteiger partial charge is 0.223 e. The quantitative estimate of drug-likeness (QED) is 0.758. The molecule has 2 aromatic heterocycles. The zero-order valence-electron chi connectivity index (χ0n) is 12.9. The number of ether oxygens (including phenoxy) is 1. The molecule has 0 saturated heterocycles. The fourth-order valence-electron chi connectivity index (χ4n) is 2.21. The third-order valence-electron chi connectivity index (χ3n) is 3.43. The number of methoxy groups -OCH3 is 1. The molecule has 116 valence electrons. The van der Waals surface area contributed by atoms with Gasteiger partial charge < -0.3 is 10.1 Å². The molecule has 0 radical (unpaired) electrons. The summed E-state index contributed by atoms with van der Waals surface area (Å²) < 4.78 is 5.17. The molecule has 0 amide bonds. The first-order chi connectivity index (χ1) is 11.3. The van der Waals surface area contributed by atoms with Crippen molar-refractivity contribution < 1.29 is 4.74 Å². The lowest BCUT2D eigenvalue weighted by Crippen LogP contribution is -2.08. The normalized spacial score (nSPS) is 10.3. The number of hydrogen-bond acceptors (Lipinski definition) is 5. The Labute approximate surface area is 135 Å². The van der Waals surface area contributed by atoms with Crippen LogP contribution in [0, 0.1) is 0 Å². The zero-order chi connectivity index (χ0) is 15.9. The van der Waals surface area contributed by atoms with Crippen LogP contribution in [0.5, 0.6) is 5.75 Å². The summed E-state index contributed by atoms with van der Waals surface area (Å²) in [4.78, 5) is 13.1. The van der Waals surface area contributed by atoms with Crippen LogP contribution < -0.4 is 10.1 Å². The Balaban J connectivity index is 1.64. The van der Waals surface area contributed by atoms with E-state index < -0.39 is 0 Å². The van der Waals surface area contributed by atoms with E-state index in [1.807, 2.05) is 48.5 Å². The molecule has 0 fully saturated rings. The molecule has 0 bridgehead atoms. The van der Waals surface area contributed by atoms with Crippen LogP contribution in [0.3, 0.4) is 0 Å². The molecule has 3 rings (SSSR count). The minimum Gasteiger partial charge on any atom is -0.497 e. The molecule has 1 N–H and O–H groups in total. The molecule has 5 heteroatoms. The summed E-state index contributed by atoms with van der Waals surface area (Å²) in [5.74, 6) is 1.45. The Kier molecular flexibility index (Phi) is 4.79. The van der Waals surface area contributed by atoms with Crippen molar-refractivity contribution in [1.29, 1.82) is 0 Å². The fraction of sp³-hybridized carbons (Fsp3) is 0.167. The largest absolute Gasteiger partial charge is 0.497 e. The Morgan fingerprint density at radius 3 is 2.57 bits per heavy atom. The van der Waals surface area contributed by atoms with E-state index in [2.05, 4.69) is 20.3 Å². The predicted octanol–water partition coefficient (Wildman–Crippen LogP) is 3.20. The lowest BCUT2D eigenvalue weighted by atomic mass is 10.1. The van der Waals surface area contributed by atoms with Crippen LogP contribution in [-0.4, -0.2) is 28.6 Å². The highest BCUT2D eigenvalue weighted by molar-refractivity contribution is 5.60. The molecular formula is C18H18N4O. The number of aromatic nitrogens is 3. The molecule has 23 heavy (non-hydrogen) atoms. The summed E-state index contributed by atoms with van der Waals surface area (Å²) in [5, 5.41) is 3.24. The number of anilines is 1. The summed E-state index contributed by atoms with van der Waals surface area (Å²) in [6, 6.07) is 15.6. The van der Waals surface area contributed by atoms with Crippen LogP contribution in [-0.2, 0) is 6.42 Å². The van der Waals surface area contributed by atoms with E-state index in [4.69, 9.17) is 4.74 Å². The molecule has 0 aliphatic heterocycles. The number of pyridine rings is 1. The number of nitrogens with zero attached hydrogens (tertiary/aromatic N) is 3. The van der Waals surface area contributed by atoms with Gasteiger partial charge in [0.15, 0.2) is 0 Å². The van der Waals surface area contributed by atoms with Crippen LogP contribution in [0.1, 0.15) is 5.69 Å². The lowest BCUT2D eigenvalue weighted by Gasteiger charge is -2.07. The molecule has 0 atom stereocenters. The van der Waals surface area contributed by atoms with Crippen LogP contribution in [0.2, 0.25) is 0 Å². The van der Waals surface area contributed by atoms with Crippen molar-refractivity contribution in [3.63, 3.8) is 0 Å². The van der Waals surface area contributed by atoms with Gasteiger partial charge in [-0.2, -0.15) is 0 Å². The van der Waals surface area contributed by atoms with Crippen LogP contribution in [0.25, 0.3) is 11.3 Å². The van der Waals surface area contributed by atoms with Crippen LogP contribution >= 0.6 is 0 Å². The van der Waals surface area contributed by atoms with E-state index in [9.17, 15) is 0 Å². The van der Waals surface area contributed by atoms with Crippen LogP contribution in [0.4, 0.5) is 5.95 Å². The number of rotatable bonds is 6. The van der Waals surface area contributed by atoms with Crippen molar-refractivity contribution in [2.45, 2.75) is 6.42 Å². The summed E-state index contributed by atoms with van der Waals surface area (Å²) in [6.07, 6.45) is 4.39. The van der Waals surface area contributed by atoms with E-state index in [1.165, 1.54) is 0 Å². The predicted molar refractivity (Wildman–Crippen MR) is 90.5 cm³/mol. The van der Waals surface area contributed by atoms with Crippen molar-refractivity contribution in [3.8, 4) is 17.0 Å². The molecule has 5 nitrogen and oxygen atoms in total. The molecule has 0 unspecified atom stereocenters. The SMILES string of the molecule is COc1ccc(-c2ccnc(NCCc3ccccn3)n2)cc1. The van der Waals surface area contributed by atoms with Gasteiger partial charge in [-0.3, -0.25) is 4.98 Å². The van der Waals surface area contributed by atoms with Crippen molar-refractivity contribution in [2.75, 3.05) is 19.0 Å². The van der Waals surface area contributed by atoms with Gasteiger partial charge in [-0.1, -0.05) is 6.07 Å². The van der Waals surface area contributed by atoms with Crippen molar-refractivity contribution >= 4 is 5.95 Å². The average Bonchev–Trinajstić information content (AvgIpc) is 2.63. The first-order valence-corrected chi connectivity index (χ1v) is 7.46. The van der Waals surface area contributed by atoms with Gasteiger partial charge in [-0.15, -0.1) is 0 Å². The third kappa shape index (κ3) is 4.03. The maximum absolute atomic E-state index is 5.17. The van der Waals surface area contributed by atoms with E-state index in [0.717, 1.165) is 35.7 Å². The highest BCUT2D eigenvalue weighted by atomic mass is 16.5. The Hall–Kier alpha value is -2.95. The number of hydrogen-bond donors (Lipinski definition) is 1. The first-order valence-electron chi connectivity index (χ1n) is 7.46. The zero-order valence-corrected chi connectivity index (χ0v) is 12.9. The topological polar surface area (TPSA) is 59.9 Å². The lowest BCUT2D eigenvalue weighted by molar-refractivity contribution is 0.415. The Bertz CT molecular complexity index is 744. The van der Waals surface area contributed by atoms with Gasteiger partial charge in [0.1, 0.15) is 5.75 Å². The monoisotopic (exact) mass is 306 g/mol. The van der Waals surface area contributed by atoms with Crippen molar-refractivity contribution in [1.82, 2.24) is 15.0 Å². The molecule has 1 aromatic carbocycles. The van der Waals surface area contributed by atoms with Gasteiger partial charge in [0.05, 0.1) is 12.8 Å². The van der Waals surface area contributed by atoms with Crippen molar-refractivity contribution in [3.05, 3.63) is 66.6 Å². The number of nitrogens with one attached hydrogen (secondary N) is 1. The second-order valence-corrected chi connectivity index (χ2v) is 4.99. The Morgan fingerprint density at radius 2 is 1.83 bits per heavy atom.